The lowest BCUT2D eigenvalue weighted by atomic mass is 9.97. The van der Waals surface area contributed by atoms with E-state index in [2.05, 4.69) is 0 Å². The Hall–Kier alpha value is -2.04. The largest absolute Gasteiger partial charge is 0.507 e. The summed E-state index contributed by atoms with van der Waals surface area (Å²) in [4.78, 5) is 25.9. The summed E-state index contributed by atoms with van der Waals surface area (Å²) in [6.07, 6.45) is 2.89. The van der Waals surface area contributed by atoms with Crippen molar-refractivity contribution < 1.29 is 19.4 Å². The minimum Gasteiger partial charge on any atom is -0.507 e. The standard InChI is InChI=1S/C16H21NO4/c1-11-6-7-14(18)13(9-11)16(20)17-8-4-3-5-12(17)10-15(19)21-2/h6-7,9,12,18H,3-5,8,10H2,1-2H3. The molecule has 1 atom stereocenters. The van der Waals surface area contributed by atoms with E-state index in [-0.39, 0.29) is 30.1 Å². The van der Waals surface area contributed by atoms with Crippen LogP contribution in [0, 0.1) is 6.92 Å². The minimum atomic E-state index is -0.312. The van der Waals surface area contributed by atoms with Gasteiger partial charge in [0, 0.05) is 12.6 Å². The number of carbonyl (C=O) groups excluding carboxylic acids is 2. The molecule has 0 spiro atoms. The Labute approximate surface area is 124 Å². The van der Waals surface area contributed by atoms with Crippen molar-refractivity contribution in [1.82, 2.24) is 4.90 Å². The van der Waals surface area contributed by atoms with Crippen molar-refractivity contribution >= 4 is 11.9 Å². The molecular weight excluding hydrogens is 270 g/mol. The van der Waals surface area contributed by atoms with E-state index >= 15 is 0 Å². The number of ether oxygens (including phenoxy) is 1. The molecule has 21 heavy (non-hydrogen) atoms. The Morgan fingerprint density at radius 3 is 2.86 bits per heavy atom. The molecule has 1 aliphatic rings. The van der Waals surface area contributed by atoms with Crippen molar-refractivity contribution in [2.45, 2.75) is 38.6 Å². The molecule has 2 rings (SSSR count). The SMILES string of the molecule is COC(=O)CC1CCCCN1C(=O)c1cc(C)ccc1O. The van der Waals surface area contributed by atoms with Gasteiger partial charge in [-0.25, -0.2) is 0 Å². The molecule has 1 N–H and O–H groups in total. The number of aromatic hydroxyl groups is 1. The zero-order chi connectivity index (χ0) is 15.4. The first-order valence-electron chi connectivity index (χ1n) is 7.20. The van der Waals surface area contributed by atoms with Crippen LogP contribution in [0.25, 0.3) is 0 Å². The second-order valence-electron chi connectivity index (χ2n) is 5.45. The minimum absolute atomic E-state index is 0.0204. The second kappa shape index (κ2) is 6.61. The molecule has 5 heteroatoms. The molecule has 0 radical (unpaired) electrons. The molecule has 0 aromatic heterocycles. The highest BCUT2D eigenvalue weighted by Gasteiger charge is 2.30. The maximum Gasteiger partial charge on any atom is 0.307 e. The molecule has 1 amide bonds. The quantitative estimate of drug-likeness (QED) is 0.867. The van der Waals surface area contributed by atoms with Crippen molar-refractivity contribution in [1.29, 1.82) is 0 Å². The van der Waals surface area contributed by atoms with Gasteiger partial charge in [0.2, 0.25) is 0 Å². The number of hydrogen-bond acceptors (Lipinski definition) is 4. The molecule has 1 aromatic rings. The van der Waals surface area contributed by atoms with Gasteiger partial charge < -0.3 is 14.7 Å². The van der Waals surface area contributed by atoms with Crippen LogP contribution >= 0.6 is 0 Å². The van der Waals surface area contributed by atoms with Crippen molar-refractivity contribution in [2.24, 2.45) is 0 Å². The summed E-state index contributed by atoms with van der Waals surface area (Å²) in [5.41, 5.74) is 1.21. The average Bonchev–Trinajstić information content (AvgIpc) is 2.49. The first-order chi connectivity index (χ1) is 10.0. The maximum atomic E-state index is 12.7. The Kier molecular flexibility index (Phi) is 4.83. The zero-order valence-electron chi connectivity index (χ0n) is 12.5. The van der Waals surface area contributed by atoms with Gasteiger partial charge in [0.15, 0.2) is 0 Å². The molecule has 0 saturated carbocycles. The molecule has 1 fully saturated rings. The lowest BCUT2D eigenvalue weighted by Gasteiger charge is -2.35. The lowest BCUT2D eigenvalue weighted by molar-refractivity contribution is -0.142. The normalized spacial score (nSPS) is 18.4. The summed E-state index contributed by atoms with van der Waals surface area (Å²) < 4.78 is 4.70. The zero-order valence-corrected chi connectivity index (χ0v) is 12.5. The number of phenols is 1. The Morgan fingerprint density at radius 1 is 1.38 bits per heavy atom. The Morgan fingerprint density at radius 2 is 2.14 bits per heavy atom. The van der Waals surface area contributed by atoms with E-state index in [1.807, 2.05) is 6.92 Å². The van der Waals surface area contributed by atoms with E-state index in [9.17, 15) is 14.7 Å². The van der Waals surface area contributed by atoms with Gasteiger partial charge in [0.1, 0.15) is 5.75 Å². The smallest absolute Gasteiger partial charge is 0.307 e. The molecule has 0 bridgehead atoms. The number of nitrogens with zero attached hydrogens (tertiary/aromatic N) is 1. The van der Waals surface area contributed by atoms with Crippen LogP contribution in [0.3, 0.4) is 0 Å². The van der Waals surface area contributed by atoms with Gasteiger partial charge in [0.05, 0.1) is 19.1 Å². The molecule has 114 valence electrons. The molecule has 1 unspecified atom stereocenters. The van der Waals surface area contributed by atoms with Crippen molar-refractivity contribution in [2.75, 3.05) is 13.7 Å². The van der Waals surface area contributed by atoms with Gasteiger partial charge in [-0.1, -0.05) is 11.6 Å². The number of likely N-dealkylation sites (tertiary alicyclic amines) is 1. The number of esters is 1. The predicted molar refractivity (Wildman–Crippen MR) is 78.2 cm³/mol. The van der Waals surface area contributed by atoms with Crippen LogP contribution in [0.5, 0.6) is 5.75 Å². The van der Waals surface area contributed by atoms with E-state index in [4.69, 9.17) is 4.74 Å². The monoisotopic (exact) mass is 291 g/mol. The predicted octanol–water partition coefficient (Wildman–Crippen LogP) is 2.26. The van der Waals surface area contributed by atoms with E-state index in [1.54, 1.807) is 17.0 Å². The van der Waals surface area contributed by atoms with E-state index in [0.29, 0.717) is 12.1 Å². The number of amides is 1. The Bertz CT molecular complexity index is 541. The number of carbonyl (C=O) groups is 2. The van der Waals surface area contributed by atoms with E-state index in [1.165, 1.54) is 13.2 Å². The highest BCUT2D eigenvalue weighted by Crippen LogP contribution is 2.26. The van der Waals surface area contributed by atoms with Crippen LogP contribution in [-0.2, 0) is 9.53 Å². The highest BCUT2D eigenvalue weighted by molar-refractivity contribution is 5.97. The number of phenolic OH excluding ortho intramolecular Hbond substituents is 1. The summed E-state index contributed by atoms with van der Waals surface area (Å²) in [5, 5.41) is 9.91. The maximum absolute atomic E-state index is 12.7. The molecule has 1 aromatic carbocycles. The summed E-state index contributed by atoms with van der Waals surface area (Å²) >= 11 is 0. The first kappa shape index (κ1) is 15.4. The number of methoxy groups -OCH3 is 1. The number of aryl methyl sites for hydroxylation is 1. The second-order valence-corrected chi connectivity index (χ2v) is 5.45. The first-order valence-corrected chi connectivity index (χ1v) is 7.20. The lowest BCUT2D eigenvalue weighted by Crippen LogP contribution is -2.44. The topological polar surface area (TPSA) is 66.8 Å². The number of hydrogen-bond donors (Lipinski definition) is 1. The Balaban J connectivity index is 2.22. The van der Waals surface area contributed by atoms with Gasteiger partial charge in [0.25, 0.3) is 5.91 Å². The summed E-state index contributed by atoms with van der Waals surface area (Å²) in [6.45, 7) is 2.48. The fraction of sp³-hybridized carbons (Fsp3) is 0.500. The average molecular weight is 291 g/mol. The molecule has 5 nitrogen and oxygen atoms in total. The van der Waals surface area contributed by atoms with Crippen LogP contribution in [0.1, 0.15) is 41.6 Å². The summed E-state index contributed by atoms with van der Waals surface area (Å²) in [6, 6.07) is 4.82. The number of piperidine rings is 1. The molecule has 1 aliphatic heterocycles. The van der Waals surface area contributed by atoms with Crippen molar-refractivity contribution in [3.63, 3.8) is 0 Å². The molecular formula is C16H21NO4. The van der Waals surface area contributed by atoms with Crippen LogP contribution in [0.2, 0.25) is 0 Å². The van der Waals surface area contributed by atoms with Gasteiger partial charge >= 0.3 is 5.97 Å². The van der Waals surface area contributed by atoms with Gasteiger partial charge in [-0.05, 0) is 38.3 Å². The van der Waals surface area contributed by atoms with Crippen molar-refractivity contribution in [3.8, 4) is 5.75 Å². The molecule has 1 saturated heterocycles. The van der Waals surface area contributed by atoms with Crippen LogP contribution in [-0.4, -0.2) is 41.6 Å². The molecule has 1 heterocycles. The number of rotatable bonds is 3. The molecule has 0 aliphatic carbocycles. The highest BCUT2D eigenvalue weighted by atomic mass is 16.5. The van der Waals surface area contributed by atoms with Gasteiger partial charge in [-0.2, -0.15) is 0 Å². The fourth-order valence-corrected chi connectivity index (χ4v) is 2.73. The van der Waals surface area contributed by atoms with Gasteiger partial charge in [-0.15, -0.1) is 0 Å². The van der Waals surface area contributed by atoms with Crippen LogP contribution < -0.4 is 0 Å². The van der Waals surface area contributed by atoms with Gasteiger partial charge in [-0.3, -0.25) is 9.59 Å². The summed E-state index contributed by atoms with van der Waals surface area (Å²) in [7, 11) is 1.35. The van der Waals surface area contributed by atoms with E-state index < -0.39 is 0 Å². The third-order valence-corrected chi connectivity index (χ3v) is 3.90. The summed E-state index contributed by atoms with van der Waals surface area (Å²) in [5.74, 6) is -0.550. The third kappa shape index (κ3) is 3.54. The fourth-order valence-electron chi connectivity index (χ4n) is 2.73. The van der Waals surface area contributed by atoms with Crippen LogP contribution in [0.4, 0.5) is 0 Å². The third-order valence-electron chi connectivity index (χ3n) is 3.90. The van der Waals surface area contributed by atoms with Crippen LogP contribution in [0.15, 0.2) is 18.2 Å². The van der Waals surface area contributed by atoms with E-state index in [0.717, 1.165) is 24.8 Å². The van der Waals surface area contributed by atoms with Crippen molar-refractivity contribution in [3.05, 3.63) is 29.3 Å². The number of benzene rings is 1.